The average Bonchev–Trinajstić information content (AvgIpc) is 2.68. The van der Waals surface area contributed by atoms with Crippen LogP contribution in [0.25, 0.3) is 11.5 Å². The summed E-state index contributed by atoms with van der Waals surface area (Å²) in [6.45, 7) is 0.576. The second kappa shape index (κ2) is 4.47. The molecule has 1 heterocycles. The molecule has 0 amide bonds. The number of rotatable bonds is 3. The molecule has 2 aromatic rings. The molecular formula is C11H11ClN2O. The Morgan fingerprint density at radius 2 is 2.00 bits per heavy atom. The highest BCUT2D eigenvalue weighted by molar-refractivity contribution is 6.30. The molecular weight excluding hydrogens is 212 g/mol. The highest BCUT2D eigenvalue weighted by Crippen LogP contribution is 2.20. The van der Waals surface area contributed by atoms with Crippen LogP contribution in [-0.2, 0) is 6.42 Å². The molecule has 2 N–H and O–H groups in total. The average molecular weight is 223 g/mol. The van der Waals surface area contributed by atoms with Crippen LogP contribution in [-0.4, -0.2) is 11.5 Å². The summed E-state index contributed by atoms with van der Waals surface area (Å²) in [6, 6.07) is 7.37. The van der Waals surface area contributed by atoms with Crippen molar-refractivity contribution in [3.8, 4) is 11.5 Å². The molecule has 0 radical (unpaired) electrons. The van der Waals surface area contributed by atoms with Crippen LogP contribution in [0.5, 0.6) is 0 Å². The van der Waals surface area contributed by atoms with E-state index in [2.05, 4.69) is 4.98 Å². The first-order valence-corrected chi connectivity index (χ1v) is 5.08. The van der Waals surface area contributed by atoms with Crippen LogP contribution in [0.1, 0.15) is 5.69 Å². The summed E-state index contributed by atoms with van der Waals surface area (Å²) in [5.41, 5.74) is 7.23. The molecule has 78 valence electrons. The van der Waals surface area contributed by atoms with E-state index in [4.69, 9.17) is 21.8 Å². The Bertz CT molecular complexity index is 436. The maximum absolute atomic E-state index is 5.79. The summed E-state index contributed by atoms with van der Waals surface area (Å²) < 4.78 is 5.33. The van der Waals surface area contributed by atoms with E-state index in [0.29, 0.717) is 17.5 Å². The summed E-state index contributed by atoms with van der Waals surface area (Å²) in [5.74, 6) is 0.607. The van der Waals surface area contributed by atoms with E-state index in [1.165, 1.54) is 0 Å². The largest absolute Gasteiger partial charge is 0.444 e. The fourth-order valence-corrected chi connectivity index (χ4v) is 1.42. The fourth-order valence-electron chi connectivity index (χ4n) is 1.29. The molecule has 0 unspecified atom stereocenters. The van der Waals surface area contributed by atoms with E-state index in [1.54, 1.807) is 6.26 Å². The van der Waals surface area contributed by atoms with Crippen molar-refractivity contribution in [3.63, 3.8) is 0 Å². The topological polar surface area (TPSA) is 52.0 Å². The summed E-state index contributed by atoms with van der Waals surface area (Å²) in [4.78, 5) is 4.31. The number of benzene rings is 1. The van der Waals surface area contributed by atoms with E-state index in [0.717, 1.165) is 17.7 Å². The van der Waals surface area contributed by atoms with E-state index in [1.807, 2.05) is 24.3 Å². The van der Waals surface area contributed by atoms with Gasteiger partial charge in [0, 0.05) is 17.0 Å². The highest BCUT2D eigenvalue weighted by Gasteiger charge is 2.05. The molecule has 0 saturated carbocycles. The van der Waals surface area contributed by atoms with Gasteiger partial charge >= 0.3 is 0 Å². The van der Waals surface area contributed by atoms with Gasteiger partial charge in [0.05, 0.1) is 5.69 Å². The van der Waals surface area contributed by atoms with Gasteiger partial charge in [-0.3, -0.25) is 0 Å². The molecule has 15 heavy (non-hydrogen) atoms. The van der Waals surface area contributed by atoms with Gasteiger partial charge in [0.25, 0.3) is 0 Å². The number of nitrogens with zero attached hydrogens (tertiary/aromatic N) is 1. The lowest BCUT2D eigenvalue weighted by molar-refractivity contribution is 0.572. The minimum absolute atomic E-state index is 0.576. The van der Waals surface area contributed by atoms with Gasteiger partial charge in [-0.15, -0.1) is 0 Å². The van der Waals surface area contributed by atoms with Gasteiger partial charge in [-0.05, 0) is 30.8 Å². The predicted octanol–water partition coefficient (Wildman–Crippen LogP) is 2.50. The van der Waals surface area contributed by atoms with Gasteiger partial charge in [-0.1, -0.05) is 11.6 Å². The molecule has 0 bridgehead atoms. The standard InChI is InChI=1S/C11H11ClN2O/c12-9-3-1-8(2-4-9)11-14-10(5-6-13)7-15-11/h1-4,7H,5-6,13H2. The minimum atomic E-state index is 0.576. The van der Waals surface area contributed by atoms with Gasteiger partial charge in [-0.2, -0.15) is 0 Å². The van der Waals surface area contributed by atoms with Crippen LogP contribution in [0, 0.1) is 0 Å². The van der Waals surface area contributed by atoms with Crippen molar-refractivity contribution in [1.82, 2.24) is 4.98 Å². The van der Waals surface area contributed by atoms with E-state index < -0.39 is 0 Å². The zero-order chi connectivity index (χ0) is 10.7. The van der Waals surface area contributed by atoms with E-state index in [-0.39, 0.29) is 0 Å². The molecule has 0 aliphatic rings. The normalized spacial score (nSPS) is 10.5. The SMILES string of the molecule is NCCc1coc(-c2ccc(Cl)cc2)n1. The molecule has 3 nitrogen and oxygen atoms in total. The van der Waals surface area contributed by atoms with Crippen LogP contribution in [0.2, 0.25) is 5.02 Å². The molecule has 1 aromatic carbocycles. The summed E-state index contributed by atoms with van der Waals surface area (Å²) in [6.07, 6.45) is 2.37. The zero-order valence-corrected chi connectivity index (χ0v) is 8.87. The van der Waals surface area contributed by atoms with Crippen molar-refractivity contribution in [2.75, 3.05) is 6.54 Å². The van der Waals surface area contributed by atoms with Gasteiger partial charge in [0.1, 0.15) is 6.26 Å². The second-order valence-corrected chi connectivity index (χ2v) is 3.63. The molecule has 4 heteroatoms. The summed E-state index contributed by atoms with van der Waals surface area (Å²) >= 11 is 5.79. The highest BCUT2D eigenvalue weighted by atomic mass is 35.5. The van der Waals surface area contributed by atoms with E-state index >= 15 is 0 Å². The molecule has 0 aliphatic carbocycles. The first-order chi connectivity index (χ1) is 7.29. The zero-order valence-electron chi connectivity index (χ0n) is 8.11. The van der Waals surface area contributed by atoms with Crippen molar-refractivity contribution in [1.29, 1.82) is 0 Å². The van der Waals surface area contributed by atoms with Crippen molar-refractivity contribution in [2.24, 2.45) is 5.73 Å². The number of nitrogens with two attached hydrogens (primary N) is 1. The third-order valence-corrected chi connectivity index (χ3v) is 2.30. The number of halogens is 1. The number of hydrogen-bond donors (Lipinski definition) is 1. The van der Waals surface area contributed by atoms with Crippen molar-refractivity contribution in [2.45, 2.75) is 6.42 Å². The summed E-state index contributed by atoms with van der Waals surface area (Å²) in [7, 11) is 0. The quantitative estimate of drug-likeness (QED) is 0.868. The minimum Gasteiger partial charge on any atom is -0.444 e. The molecule has 1 aromatic heterocycles. The maximum Gasteiger partial charge on any atom is 0.226 e. The first-order valence-electron chi connectivity index (χ1n) is 4.70. The monoisotopic (exact) mass is 222 g/mol. The second-order valence-electron chi connectivity index (χ2n) is 3.19. The molecule has 0 aliphatic heterocycles. The molecule has 0 spiro atoms. The van der Waals surface area contributed by atoms with Crippen LogP contribution in [0.3, 0.4) is 0 Å². The third-order valence-electron chi connectivity index (χ3n) is 2.04. The van der Waals surface area contributed by atoms with E-state index in [9.17, 15) is 0 Å². The maximum atomic E-state index is 5.79. The Morgan fingerprint density at radius 3 is 2.67 bits per heavy atom. The van der Waals surface area contributed by atoms with Gasteiger partial charge in [-0.25, -0.2) is 4.98 Å². The lowest BCUT2D eigenvalue weighted by Gasteiger charge is -1.94. The predicted molar refractivity (Wildman–Crippen MR) is 59.7 cm³/mol. The number of hydrogen-bond acceptors (Lipinski definition) is 3. The van der Waals surface area contributed by atoms with Gasteiger partial charge in [0.15, 0.2) is 0 Å². The van der Waals surface area contributed by atoms with Crippen LogP contribution in [0.4, 0.5) is 0 Å². The Morgan fingerprint density at radius 1 is 1.27 bits per heavy atom. The molecule has 0 atom stereocenters. The Kier molecular flexibility index (Phi) is 3.04. The number of oxazole rings is 1. The first kappa shape index (κ1) is 10.2. The fraction of sp³-hybridized carbons (Fsp3) is 0.182. The molecule has 2 rings (SSSR count). The van der Waals surface area contributed by atoms with Crippen molar-refractivity contribution >= 4 is 11.6 Å². The Labute approximate surface area is 92.9 Å². The van der Waals surface area contributed by atoms with Crippen molar-refractivity contribution < 1.29 is 4.42 Å². The smallest absolute Gasteiger partial charge is 0.226 e. The number of aromatic nitrogens is 1. The third kappa shape index (κ3) is 2.37. The molecule has 0 saturated heterocycles. The van der Waals surface area contributed by atoms with Crippen LogP contribution >= 0.6 is 11.6 Å². The Hall–Kier alpha value is -1.32. The van der Waals surface area contributed by atoms with Gasteiger partial charge in [0.2, 0.25) is 5.89 Å². The van der Waals surface area contributed by atoms with Crippen LogP contribution in [0.15, 0.2) is 34.9 Å². The summed E-state index contributed by atoms with van der Waals surface area (Å²) in [5, 5.41) is 0.701. The lowest BCUT2D eigenvalue weighted by Crippen LogP contribution is -2.02. The lowest BCUT2D eigenvalue weighted by atomic mass is 10.2. The van der Waals surface area contributed by atoms with Crippen LogP contribution < -0.4 is 5.73 Å². The van der Waals surface area contributed by atoms with Crippen molar-refractivity contribution in [3.05, 3.63) is 41.2 Å². The van der Waals surface area contributed by atoms with Gasteiger partial charge < -0.3 is 10.2 Å². The Balaban J connectivity index is 2.25. The molecule has 0 fully saturated rings.